The molecule has 0 saturated heterocycles. The fraction of sp³-hybridized carbons (Fsp3) is 0.0909. The molecule has 4 rings (SSSR count). The van der Waals surface area contributed by atoms with E-state index in [0.717, 1.165) is 17.0 Å². The summed E-state index contributed by atoms with van der Waals surface area (Å²) in [5.41, 5.74) is 1.10. The van der Waals surface area contributed by atoms with E-state index in [1.807, 2.05) is 0 Å². The van der Waals surface area contributed by atoms with Crippen LogP contribution in [0.2, 0.25) is 0 Å². The Kier molecular flexibility index (Phi) is 5.85. The molecule has 0 spiro atoms. The number of carbonyl (C=O) groups is 2. The zero-order valence-corrected chi connectivity index (χ0v) is 17.5. The van der Waals surface area contributed by atoms with E-state index in [1.54, 1.807) is 36.1 Å². The second-order valence-electron chi connectivity index (χ2n) is 6.94. The SMILES string of the molecule is CNC(=O)c1cc(Oc2cc(NC(=O)Nc3ccc4c(cnn4C)c3)c(F)cc2F)ccn1. The third kappa shape index (κ3) is 4.71. The van der Waals surface area contributed by atoms with Gasteiger partial charge >= 0.3 is 6.03 Å². The van der Waals surface area contributed by atoms with E-state index < -0.39 is 23.6 Å². The van der Waals surface area contributed by atoms with E-state index in [4.69, 9.17) is 4.74 Å². The summed E-state index contributed by atoms with van der Waals surface area (Å²) in [4.78, 5) is 28.0. The molecular formula is C22H18F2N6O3. The first-order chi connectivity index (χ1) is 15.8. The molecule has 2 aromatic heterocycles. The van der Waals surface area contributed by atoms with Crippen LogP contribution in [0.3, 0.4) is 0 Å². The van der Waals surface area contributed by atoms with Crippen molar-refractivity contribution in [1.82, 2.24) is 20.1 Å². The number of amides is 3. The van der Waals surface area contributed by atoms with E-state index in [9.17, 15) is 18.4 Å². The molecule has 3 amide bonds. The lowest BCUT2D eigenvalue weighted by atomic mass is 10.2. The van der Waals surface area contributed by atoms with Gasteiger partial charge in [0.05, 0.1) is 17.4 Å². The molecule has 9 nitrogen and oxygen atoms in total. The first-order valence-electron chi connectivity index (χ1n) is 9.69. The zero-order valence-electron chi connectivity index (χ0n) is 17.5. The number of hydrogen-bond donors (Lipinski definition) is 3. The number of carbonyl (C=O) groups excluding carboxylic acids is 2. The molecule has 2 heterocycles. The second-order valence-corrected chi connectivity index (χ2v) is 6.94. The summed E-state index contributed by atoms with van der Waals surface area (Å²) in [6, 6.07) is 8.74. The summed E-state index contributed by atoms with van der Waals surface area (Å²) in [6.07, 6.45) is 2.96. The third-order valence-electron chi connectivity index (χ3n) is 4.69. The number of benzene rings is 2. The molecule has 0 aliphatic rings. The van der Waals surface area contributed by atoms with Crippen LogP contribution in [0, 0.1) is 11.6 Å². The van der Waals surface area contributed by atoms with Crippen LogP contribution in [0.5, 0.6) is 11.5 Å². The molecule has 0 atom stereocenters. The van der Waals surface area contributed by atoms with Crippen molar-refractivity contribution in [2.75, 3.05) is 17.7 Å². The predicted octanol–water partition coefficient (Wildman–Crippen LogP) is 4.04. The number of aryl methyl sites for hydroxylation is 1. The monoisotopic (exact) mass is 452 g/mol. The van der Waals surface area contributed by atoms with Gasteiger partial charge in [0.25, 0.3) is 5.91 Å². The molecule has 168 valence electrons. The first-order valence-corrected chi connectivity index (χ1v) is 9.69. The number of halogens is 2. The van der Waals surface area contributed by atoms with Gasteiger partial charge in [0.1, 0.15) is 17.3 Å². The molecule has 33 heavy (non-hydrogen) atoms. The molecule has 0 aliphatic heterocycles. The van der Waals surface area contributed by atoms with Crippen LogP contribution in [0.1, 0.15) is 10.5 Å². The van der Waals surface area contributed by atoms with Crippen molar-refractivity contribution in [3.8, 4) is 11.5 Å². The van der Waals surface area contributed by atoms with Crippen molar-refractivity contribution in [2.45, 2.75) is 0 Å². The van der Waals surface area contributed by atoms with Crippen LogP contribution in [-0.4, -0.2) is 33.8 Å². The molecule has 0 saturated carbocycles. The molecule has 2 aromatic carbocycles. The number of fused-ring (bicyclic) bond motifs is 1. The zero-order chi connectivity index (χ0) is 23.5. The fourth-order valence-corrected chi connectivity index (χ4v) is 3.08. The van der Waals surface area contributed by atoms with Gasteiger partial charge in [-0.1, -0.05) is 0 Å². The van der Waals surface area contributed by atoms with Crippen LogP contribution >= 0.6 is 0 Å². The van der Waals surface area contributed by atoms with E-state index >= 15 is 0 Å². The van der Waals surface area contributed by atoms with Crippen LogP contribution in [-0.2, 0) is 7.05 Å². The maximum absolute atomic E-state index is 14.3. The number of urea groups is 1. The van der Waals surface area contributed by atoms with Gasteiger partial charge in [0, 0.05) is 49.6 Å². The van der Waals surface area contributed by atoms with E-state index in [-0.39, 0.29) is 22.9 Å². The van der Waals surface area contributed by atoms with Crippen molar-refractivity contribution < 1.29 is 23.1 Å². The van der Waals surface area contributed by atoms with Gasteiger partial charge in [-0.15, -0.1) is 0 Å². The maximum Gasteiger partial charge on any atom is 0.323 e. The van der Waals surface area contributed by atoms with Crippen molar-refractivity contribution in [3.05, 3.63) is 72.2 Å². The van der Waals surface area contributed by atoms with Crippen molar-refractivity contribution in [3.63, 3.8) is 0 Å². The summed E-state index contributed by atoms with van der Waals surface area (Å²) < 4.78 is 35.7. The number of aromatic nitrogens is 3. The molecule has 11 heteroatoms. The summed E-state index contributed by atoms with van der Waals surface area (Å²) in [6.45, 7) is 0. The van der Waals surface area contributed by atoms with Gasteiger partial charge in [-0.2, -0.15) is 5.10 Å². The number of rotatable bonds is 5. The molecule has 0 aliphatic carbocycles. The summed E-state index contributed by atoms with van der Waals surface area (Å²) in [5, 5.41) is 12.3. The second kappa shape index (κ2) is 8.91. The topological polar surface area (TPSA) is 110 Å². The normalized spacial score (nSPS) is 10.7. The van der Waals surface area contributed by atoms with E-state index in [1.165, 1.54) is 25.4 Å². The van der Waals surface area contributed by atoms with Crippen LogP contribution in [0.4, 0.5) is 25.0 Å². The highest BCUT2D eigenvalue weighted by Gasteiger charge is 2.15. The predicted molar refractivity (Wildman–Crippen MR) is 117 cm³/mol. The Bertz CT molecular complexity index is 1370. The average Bonchev–Trinajstić information content (AvgIpc) is 3.16. The van der Waals surface area contributed by atoms with Crippen molar-refractivity contribution in [2.24, 2.45) is 7.05 Å². The van der Waals surface area contributed by atoms with Gasteiger partial charge in [0.2, 0.25) is 0 Å². The largest absolute Gasteiger partial charge is 0.454 e. The van der Waals surface area contributed by atoms with Crippen LogP contribution in [0.25, 0.3) is 10.9 Å². The Balaban J connectivity index is 1.51. The van der Waals surface area contributed by atoms with Gasteiger partial charge < -0.3 is 20.7 Å². The summed E-state index contributed by atoms with van der Waals surface area (Å²) >= 11 is 0. The Hall–Kier alpha value is -4.54. The molecule has 0 unspecified atom stereocenters. The van der Waals surface area contributed by atoms with Crippen LogP contribution < -0.4 is 20.7 Å². The Morgan fingerprint density at radius 3 is 2.64 bits per heavy atom. The molecule has 3 N–H and O–H groups in total. The number of ether oxygens (including phenoxy) is 1. The van der Waals surface area contributed by atoms with Gasteiger partial charge in [0.15, 0.2) is 11.6 Å². The lowest BCUT2D eigenvalue weighted by molar-refractivity contribution is 0.0958. The average molecular weight is 452 g/mol. The lowest BCUT2D eigenvalue weighted by Crippen LogP contribution is -2.20. The van der Waals surface area contributed by atoms with Gasteiger partial charge in [-0.25, -0.2) is 13.6 Å². The first kappa shape index (κ1) is 21.7. The molecule has 0 fully saturated rings. The number of hydrogen-bond acceptors (Lipinski definition) is 5. The quantitative estimate of drug-likeness (QED) is 0.423. The maximum atomic E-state index is 14.3. The van der Waals surface area contributed by atoms with Crippen molar-refractivity contribution >= 4 is 34.2 Å². The minimum absolute atomic E-state index is 0.0563. The van der Waals surface area contributed by atoms with Gasteiger partial charge in [-0.3, -0.25) is 14.5 Å². The fourth-order valence-electron chi connectivity index (χ4n) is 3.08. The molecule has 0 radical (unpaired) electrons. The third-order valence-corrected chi connectivity index (χ3v) is 4.69. The number of nitrogens with zero attached hydrogens (tertiary/aromatic N) is 3. The lowest BCUT2D eigenvalue weighted by Gasteiger charge is -2.12. The van der Waals surface area contributed by atoms with Crippen molar-refractivity contribution in [1.29, 1.82) is 0 Å². The summed E-state index contributed by atoms with van der Waals surface area (Å²) in [5.74, 6) is -2.67. The number of pyridine rings is 1. The number of nitrogens with one attached hydrogen (secondary N) is 3. The van der Waals surface area contributed by atoms with Gasteiger partial charge in [-0.05, 0) is 24.3 Å². The Morgan fingerprint density at radius 1 is 1.03 bits per heavy atom. The minimum atomic E-state index is -0.988. The Labute approximate surface area is 186 Å². The minimum Gasteiger partial charge on any atom is -0.454 e. The van der Waals surface area contributed by atoms with E-state index in [2.05, 4.69) is 26.0 Å². The summed E-state index contributed by atoms with van der Waals surface area (Å²) in [7, 11) is 3.24. The smallest absolute Gasteiger partial charge is 0.323 e. The highest BCUT2D eigenvalue weighted by atomic mass is 19.1. The van der Waals surface area contributed by atoms with Crippen LogP contribution in [0.15, 0.2) is 54.9 Å². The highest BCUT2D eigenvalue weighted by Crippen LogP contribution is 2.30. The highest BCUT2D eigenvalue weighted by molar-refractivity contribution is 6.01. The number of anilines is 2. The standard InChI is InChI=1S/C22H18F2N6O3/c1-25-21(31)18-8-14(5-6-26-18)33-20-10-17(15(23)9-16(20)24)29-22(32)28-13-3-4-19-12(7-13)11-27-30(19)2/h3-11H,1-2H3,(H,25,31)(H2,28,29,32). The molecule has 0 bridgehead atoms. The molecule has 4 aromatic rings. The Morgan fingerprint density at radius 2 is 1.85 bits per heavy atom. The molecular weight excluding hydrogens is 434 g/mol. The van der Waals surface area contributed by atoms with E-state index in [0.29, 0.717) is 11.8 Å².